The maximum atomic E-state index is 10.9. The summed E-state index contributed by atoms with van der Waals surface area (Å²) in [6.07, 6.45) is 1.60. The minimum atomic E-state index is -0.491. The van der Waals surface area contributed by atoms with Gasteiger partial charge in [0.1, 0.15) is 11.8 Å². The van der Waals surface area contributed by atoms with Crippen LogP contribution in [0.3, 0.4) is 0 Å². The molecule has 2 rings (SSSR count). The average Bonchev–Trinajstić information content (AvgIpc) is 2.58. The average molecular weight is 312 g/mol. The molecule has 0 saturated carbocycles. The lowest BCUT2D eigenvalue weighted by Crippen LogP contribution is -2.12. The first-order valence-electron chi connectivity index (χ1n) is 7.12. The van der Waals surface area contributed by atoms with Crippen molar-refractivity contribution in [3.05, 3.63) is 58.3 Å². The zero-order chi connectivity index (χ0) is 16.7. The van der Waals surface area contributed by atoms with Crippen molar-refractivity contribution in [3.8, 4) is 11.8 Å². The molecule has 0 spiro atoms. The lowest BCUT2D eigenvalue weighted by atomic mass is 10.2. The van der Waals surface area contributed by atoms with Gasteiger partial charge in [0.25, 0.3) is 0 Å². The first-order chi connectivity index (χ1) is 11.1. The maximum Gasteiger partial charge on any atom is 0.311 e. The number of nitriles is 1. The van der Waals surface area contributed by atoms with E-state index in [1.807, 2.05) is 19.1 Å². The number of rotatable bonds is 7. The maximum absolute atomic E-state index is 10.9. The molecule has 7 heteroatoms. The Morgan fingerprint density at radius 3 is 2.96 bits per heavy atom. The van der Waals surface area contributed by atoms with Crippen molar-refractivity contribution in [2.75, 3.05) is 5.32 Å². The third-order valence-electron chi connectivity index (χ3n) is 3.13. The molecular weight excluding hydrogens is 296 g/mol. The van der Waals surface area contributed by atoms with Crippen LogP contribution in [0.5, 0.6) is 5.75 Å². The number of ether oxygens (including phenoxy) is 1. The molecule has 0 bridgehead atoms. The van der Waals surface area contributed by atoms with Crippen molar-refractivity contribution < 1.29 is 9.66 Å². The van der Waals surface area contributed by atoms with Gasteiger partial charge in [0.15, 0.2) is 6.10 Å². The van der Waals surface area contributed by atoms with E-state index in [2.05, 4.69) is 16.4 Å². The number of hydrogen-bond donors (Lipinski definition) is 1. The Bertz CT molecular complexity index is 727. The third kappa shape index (κ3) is 4.41. The van der Waals surface area contributed by atoms with Crippen molar-refractivity contribution in [3.63, 3.8) is 0 Å². The van der Waals surface area contributed by atoms with Gasteiger partial charge in [-0.25, -0.2) is 4.98 Å². The van der Waals surface area contributed by atoms with Crippen LogP contribution in [-0.2, 0) is 6.54 Å². The lowest BCUT2D eigenvalue weighted by molar-refractivity contribution is -0.384. The Kier molecular flexibility index (Phi) is 5.47. The van der Waals surface area contributed by atoms with E-state index in [9.17, 15) is 10.1 Å². The van der Waals surface area contributed by atoms with Crippen molar-refractivity contribution in [2.45, 2.75) is 26.0 Å². The number of benzene rings is 1. The van der Waals surface area contributed by atoms with Crippen LogP contribution < -0.4 is 10.1 Å². The van der Waals surface area contributed by atoms with Gasteiger partial charge in [0, 0.05) is 18.8 Å². The summed E-state index contributed by atoms with van der Waals surface area (Å²) in [6, 6.07) is 12.2. The summed E-state index contributed by atoms with van der Waals surface area (Å²) in [5.74, 6) is 0.806. The second kappa shape index (κ2) is 7.75. The summed E-state index contributed by atoms with van der Waals surface area (Å²) in [5, 5.41) is 22.8. The van der Waals surface area contributed by atoms with E-state index < -0.39 is 11.0 Å². The highest BCUT2D eigenvalue weighted by atomic mass is 16.6. The number of anilines is 1. The topological polar surface area (TPSA) is 101 Å². The van der Waals surface area contributed by atoms with Gasteiger partial charge in [-0.2, -0.15) is 5.26 Å². The second-order valence-electron chi connectivity index (χ2n) is 4.77. The van der Waals surface area contributed by atoms with Gasteiger partial charge in [-0.15, -0.1) is 0 Å². The Morgan fingerprint density at radius 2 is 2.26 bits per heavy atom. The fourth-order valence-corrected chi connectivity index (χ4v) is 1.96. The fraction of sp³-hybridized carbons (Fsp3) is 0.250. The largest absolute Gasteiger partial charge is 0.476 e. The summed E-state index contributed by atoms with van der Waals surface area (Å²) in [7, 11) is 0. The van der Waals surface area contributed by atoms with Gasteiger partial charge < -0.3 is 10.1 Å². The van der Waals surface area contributed by atoms with E-state index in [4.69, 9.17) is 10.00 Å². The van der Waals surface area contributed by atoms with E-state index in [1.165, 1.54) is 18.3 Å². The van der Waals surface area contributed by atoms with E-state index in [0.717, 1.165) is 5.56 Å². The highest BCUT2D eigenvalue weighted by Gasteiger charge is 2.13. The summed E-state index contributed by atoms with van der Waals surface area (Å²) in [5.41, 5.74) is 0.797. The zero-order valence-electron chi connectivity index (χ0n) is 12.6. The van der Waals surface area contributed by atoms with Crippen molar-refractivity contribution in [1.82, 2.24) is 4.98 Å². The van der Waals surface area contributed by atoms with Gasteiger partial charge in [0.05, 0.1) is 4.92 Å². The van der Waals surface area contributed by atoms with Crippen LogP contribution in [0.4, 0.5) is 11.5 Å². The summed E-state index contributed by atoms with van der Waals surface area (Å²) in [6.45, 7) is 2.23. The predicted molar refractivity (Wildman–Crippen MR) is 85.0 cm³/mol. The molecule has 1 atom stereocenters. The molecule has 0 fully saturated rings. The van der Waals surface area contributed by atoms with Crippen LogP contribution >= 0.6 is 0 Å². The molecule has 1 N–H and O–H groups in total. The van der Waals surface area contributed by atoms with E-state index in [-0.39, 0.29) is 11.5 Å². The van der Waals surface area contributed by atoms with Crippen LogP contribution in [0.1, 0.15) is 18.9 Å². The minimum absolute atomic E-state index is 0.0737. The first kappa shape index (κ1) is 16.2. The molecule has 2 aromatic rings. The molecule has 0 amide bonds. The van der Waals surface area contributed by atoms with Gasteiger partial charge in [-0.05, 0) is 30.2 Å². The summed E-state index contributed by atoms with van der Waals surface area (Å²) >= 11 is 0. The molecule has 1 heterocycles. The van der Waals surface area contributed by atoms with Crippen LogP contribution in [-0.4, -0.2) is 16.0 Å². The van der Waals surface area contributed by atoms with Crippen molar-refractivity contribution >= 4 is 11.5 Å². The van der Waals surface area contributed by atoms with Crippen LogP contribution in [0.15, 0.2) is 42.6 Å². The van der Waals surface area contributed by atoms with Gasteiger partial charge in [-0.1, -0.05) is 19.1 Å². The smallest absolute Gasteiger partial charge is 0.311 e. The number of pyridine rings is 1. The zero-order valence-corrected chi connectivity index (χ0v) is 12.6. The Labute approximate surface area is 133 Å². The van der Waals surface area contributed by atoms with E-state index in [0.29, 0.717) is 18.7 Å². The molecular formula is C16H16N4O3. The van der Waals surface area contributed by atoms with Crippen LogP contribution in [0.25, 0.3) is 0 Å². The van der Waals surface area contributed by atoms with Crippen LogP contribution in [0, 0.1) is 21.4 Å². The quantitative estimate of drug-likeness (QED) is 0.622. The molecule has 118 valence electrons. The van der Waals surface area contributed by atoms with Gasteiger partial charge in [0.2, 0.25) is 5.82 Å². The molecule has 1 aromatic carbocycles. The number of hydrogen-bond acceptors (Lipinski definition) is 6. The van der Waals surface area contributed by atoms with Crippen molar-refractivity contribution in [1.29, 1.82) is 5.26 Å². The highest BCUT2D eigenvalue weighted by Crippen LogP contribution is 2.22. The molecule has 1 aromatic heterocycles. The molecule has 0 radical (unpaired) electrons. The fourth-order valence-electron chi connectivity index (χ4n) is 1.96. The number of nitro groups is 1. The Morgan fingerprint density at radius 1 is 1.43 bits per heavy atom. The minimum Gasteiger partial charge on any atom is -0.476 e. The molecule has 1 unspecified atom stereocenters. The monoisotopic (exact) mass is 312 g/mol. The van der Waals surface area contributed by atoms with Crippen LogP contribution in [0.2, 0.25) is 0 Å². The van der Waals surface area contributed by atoms with Gasteiger partial charge >= 0.3 is 5.69 Å². The SMILES string of the molecule is CCC(C#N)Oc1cccc(CNc2ncccc2[N+](=O)[O-])c1. The van der Waals surface area contributed by atoms with E-state index in [1.54, 1.807) is 12.1 Å². The third-order valence-corrected chi connectivity index (χ3v) is 3.13. The normalized spacial score (nSPS) is 11.3. The first-order valence-corrected chi connectivity index (χ1v) is 7.12. The molecule has 23 heavy (non-hydrogen) atoms. The molecule has 0 saturated heterocycles. The standard InChI is InChI=1S/C16H16N4O3/c1-2-13(10-17)23-14-6-3-5-12(9-14)11-19-16-15(20(21)22)7-4-8-18-16/h3-9,13H,2,11H2,1H3,(H,18,19). The molecule has 0 aliphatic carbocycles. The molecule has 0 aliphatic rings. The van der Waals surface area contributed by atoms with Gasteiger partial charge in [-0.3, -0.25) is 10.1 Å². The molecule has 7 nitrogen and oxygen atoms in total. The summed E-state index contributed by atoms with van der Waals surface area (Å²) in [4.78, 5) is 14.5. The molecule has 0 aliphatic heterocycles. The number of nitrogens with one attached hydrogen (secondary N) is 1. The lowest BCUT2D eigenvalue weighted by Gasteiger charge is -2.12. The summed E-state index contributed by atoms with van der Waals surface area (Å²) < 4.78 is 5.55. The van der Waals surface area contributed by atoms with E-state index >= 15 is 0 Å². The highest BCUT2D eigenvalue weighted by molar-refractivity contribution is 5.55. The van der Waals surface area contributed by atoms with Crippen molar-refractivity contribution in [2.24, 2.45) is 0 Å². The Hall–Kier alpha value is -3.14. The second-order valence-corrected chi connectivity index (χ2v) is 4.77. The predicted octanol–water partition coefficient (Wildman–Crippen LogP) is 3.28. The number of aromatic nitrogens is 1. The Balaban J connectivity index is 2.07. The number of nitrogens with zero attached hydrogens (tertiary/aromatic N) is 3.